The van der Waals surface area contributed by atoms with E-state index < -0.39 is 0 Å². The van der Waals surface area contributed by atoms with Gasteiger partial charge in [0.2, 0.25) is 6.79 Å². The molecule has 0 unspecified atom stereocenters. The average molecular weight is 453 g/mol. The molecule has 1 atom stereocenters. The molecule has 168 valence electrons. The summed E-state index contributed by atoms with van der Waals surface area (Å²) in [5, 5.41) is 2.89. The van der Waals surface area contributed by atoms with E-state index in [9.17, 15) is 4.79 Å². The molecule has 0 spiro atoms. The van der Waals surface area contributed by atoms with E-state index in [1.165, 1.54) is 11.1 Å². The number of thiazole rings is 1. The van der Waals surface area contributed by atoms with E-state index in [1.807, 2.05) is 22.4 Å². The van der Waals surface area contributed by atoms with Gasteiger partial charge in [0.15, 0.2) is 11.5 Å². The summed E-state index contributed by atoms with van der Waals surface area (Å²) in [5.74, 6) is 2.08. The minimum Gasteiger partial charge on any atom is -0.486 e. The van der Waals surface area contributed by atoms with Crippen LogP contribution in [0.4, 0.5) is 0 Å². The number of benzene rings is 2. The van der Waals surface area contributed by atoms with E-state index in [0.717, 1.165) is 22.9 Å². The molecule has 4 rings (SSSR count). The number of amides is 1. The highest BCUT2D eigenvalue weighted by Crippen LogP contribution is 2.33. The summed E-state index contributed by atoms with van der Waals surface area (Å²) in [6.07, 6.45) is 0.850. The summed E-state index contributed by atoms with van der Waals surface area (Å²) in [6.45, 7) is 9.34. The number of aryl methyl sites for hydroxylation is 2. The predicted molar refractivity (Wildman–Crippen MR) is 125 cm³/mol. The Morgan fingerprint density at radius 1 is 1.16 bits per heavy atom. The van der Waals surface area contributed by atoms with Gasteiger partial charge in [0.1, 0.15) is 17.4 Å². The Kier molecular flexibility index (Phi) is 6.65. The second kappa shape index (κ2) is 9.61. The summed E-state index contributed by atoms with van der Waals surface area (Å²) < 4.78 is 16.7. The maximum atomic E-state index is 13.3. The minimum atomic E-state index is -0.0430. The smallest absolute Gasteiger partial charge is 0.254 e. The maximum Gasteiger partial charge on any atom is 0.254 e. The van der Waals surface area contributed by atoms with E-state index in [1.54, 1.807) is 29.5 Å². The van der Waals surface area contributed by atoms with Crippen molar-refractivity contribution in [3.05, 3.63) is 69.2 Å². The number of rotatable bonds is 8. The number of nitrogens with zero attached hydrogens (tertiary/aromatic N) is 2. The zero-order chi connectivity index (χ0) is 22.7. The van der Waals surface area contributed by atoms with Gasteiger partial charge in [0.05, 0.1) is 12.2 Å². The van der Waals surface area contributed by atoms with Crippen LogP contribution < -0.4 is 14.2 Å². The van der Waals surface area contributed by atoms with Crippen molar-refractivity contribution in [2.75, 3.05) is 6.79 Å². The van der Waals surface area contributed by atoms with Crippen LogP contribution in [-0.2, 0) is 13.2 Å². The largest absolute Gasteiger partial charge is 0.486 e. The predicted octanol–water partition coefficient (Wildman–Crippen LogP) is 5.51. The molecule has 0 saturated carbocycles. The maximum absolute atomic E-state index is 13.3. The summed E-state index contributed by atoms with van der Waals surface area (Å²) in [6, 6.07) is 11.5. The van der Waals surface area contributed by atoms with Gasteiger partial charge in [-0.2, -0.15) is 0 Å². The van der Waals surface area contributed by atoms with Crippen molar-refractivity contribution in [3.63, 3.8) is 0 Å². The third kappa shape index (κ3) is 4.88. The van der Waals surface area contributed by atoms with Crippen LogP contribution in [0.1, 0.15) is 52.5 Å². The molecule has 0 radical (unpaired) electrons. The Morgan fingerprint density at radius 2 is 1.97 bits per heavy atom. The van der Waals surface area contributed by atoms with E-state index in [2.05, 4.69) is 33.8 Å². The van der Waals surface area contributed by atoms with Crippen LogP contribution in [0.15, 0.2) is 41.8 Å². The fraction of sp³-hybridized carbons (Fsp3) is 0.360. The molecule has 0 bridgehead atoms. The summed E-state index contributed by atoms with van der Waals surface area (Å²) >= 11 is 1.55. The molecular weight excluding hydrogens is 424 g/mol. The monoisotopic (exact) mass is 452 g/mol. The fourth-order valence-corrected chi connectivity index (χ4v) is 4.15. The number of fused-ring (bicyclic) bond motifs is 1. The molecule has 7 heteroatoms. The molecule has 1 aromatic heterocycles. The number of aromatic nitrogens is 1. The lowest BCUT2D eigenvalue weighted by molar-refractivity contribution is 0.0668. The van der Waals surface area contributed by atoms with Crippen molar-refractivity contribution < 1.29 is 19.0 Å². The molecule has 1 aliphatic heterocycles. The second-order valence-corrected chi connectivity index (χ2v) is 8.97. The molecule has 1 aliphatic rings. The third-order valence-corrected chi connectivity index (χ3v) is 6.65. The molecule has 0 saturated heterocycles. The molecule has 6 nitrogen and oxygen atoms in total. The van der Waals surface area contributed by atoms with Crippen molar-refractivity contribution in [1.29, 1.82) is 0 Å². The lowest BCUT2D eigenvalue weighted by atomic mass is 10.1. The highest BCUT2D eigenvalue weighted by atomic mass is 32.1. The van der Waals surface area contributed by atoms with Crippen LogP contribution in [-0.4, -0.2) is 28.6 Å². The lowest BCUT2D eigenvalue weighted by Gasteiger charge is -2.28. The molecule has 2 aromatic carbocycles. The zero-order valence-electron chi connectivity index (χ0n) is 18.9. The van der Waals surface area contributed by atoms with Gasteiger partial charge in [-0.3, -0.25) is 4.79 Å². The first-order chi connectivity index (χ1) is 15.4. The quantitative estimate of drug-likeness (QED) is 0.451. The van der Waals surface area contributed by atoms with Gasteiger partial charge >= 0.3 is 0 Å². The van der Waals surface area contributed by atoms with Gasteiger partial charge in [-0.05, 0) is 68.7 Å². The van der Waals surface area contributed by atoms with Crippen molar-refractivity contribution >= 4 is 17.2 Å². The van der Waals surface area contributed by atoms with Crippen LogP contribution in [0.2, 0.25) is 0 Å². The fourth-order valence-electron chi connectivity index (χ4n) is 3.45. The van der Waals surface area contributed by atoms with E-state index in [4.69, 9.17) is 19.2 Å². The molecule has 3 aromatic rings. The van der Waals surface area contributed by atoms with E-state index in [0.29, 0.717) is 30.2 Å². The number of hydrogen-bond acceptors (Lipinski definition) is 6. The third-order valence-electron chi connectivity index (χ3n) is 5.78. The van der Waals surface area contributed by atoms with Crippen LogP contribution >= 0.6 is 11.3 Å². The van der Waals surface area contributed by atoms with Crippen molar-refractivity contribution in [2.45, 2.75) is 53.3 Å². The summed E-state index contributed by atoms with van der Waals surface area (Å²) in [4.78, 5) is 19.9. The molecule has 0 fully saturated rings. The van der Waals surface area contributed by atoms with Crippen molar-refractivity contribution in [3.8, 4) is 17.2 Å². The van der Waals surface area contributed by atoms with Gasteiger partial charge in [0.25, 0.3) is 5.91 Å². The standard InChI is InChI=1S/C25H28N2O4S/c1-5-18(4)27(25(28)19-7-9-22-23(11-19)31-15-30-22)12-20-14-32-24(26-20)13-29-21-8-6-16(2)17(3)10-21/h6-11,14,18H,5,12-13,15H2,1-4H3/t18-/m1/s1. The van der Waals surface area contributed by atoms with Gasteiger partial charge in [-0.25, -0.2) is 4.98 Å². The second-order valence-electron chi connectivity index (χ2n) is 8.03. The van der Waals surface area contributed by atoms with Crippen LogP contribution in [0.3, 0.4) is 0 Å². The molecule has 1 amide bonds. The Labute approximate surface area is 192 Å². The van der Waals surface area contributed by atoms with Crippen LogP contribution in [0.5, 0.6) is 17.2 Å². The molecule has 2 heterocycles. The highest BCUT2D eigenvalue weighted by molar-refractivity contribution is 7.09. The number of carbonyl (C=O) groups excluding carboxylic acids is 1. The van der Waals surface area contributed by atoms with E-state index in [-0.39, 0.29) is 18.7 Å². The zero-order valence-corrected chi connectivity index (χ0v) is 19.7. The molecular formula is C25H28N2O4S. The number of carbonyl (C=O) groups is 1. The summed E-state index contributed by atoms with van der Waals surface area (Å²) in [7, 11) is 0. The Bertz CT molecular complexity index is 1110. The Balaban J connectivity index is 1.44. The average Bonchev–Trinajstić information content (AvgIpc) is 3.46. The lowest BCUT2D eigenvalue weighted by Crippen LogP contribution is -2.37. The normalized spacial score (nSPS) is 13.1. The first-order valence-electron chi connectivity index (χ1n) is 10.8. The SMILES string of the molecule is CC[C@@H](C)N(Cc1csc(COc2ccc(C)c(C)c2)n1)C(=O)c1ccc2c(c1)OCO2. The number of hydrogen-bond donors (Lipinski definition) is 0. The van der Waals surface area contributed by atoms with Crippen LogP contribution in [0.25, 0.3) is 0 Å². The highest BCUT2D eigenvalue weighted by Gasteiger charge is 2.24. The first-order valence-corrected chi connectivity index (χ1v) is 11.7. The van der Waals surface area contributed by atoms with E-state index >= 15 is 0 Å². The molecule has 0 N–H and O–H groups in total. The van der Waals surface area contributed by atoms with Gasteiger partial charge < -0.3 is 19.1 Å². The summed E-state index contributed by atoms with van der Waals surface area (Å²) in [5.41, 5.74) is 3.89. The van der Waals surface area contributed by atoms with Gasteiger partial charge in [0, 0.05) is 17.0 Å². The Hall–Kier alpha value is -3.06. The van der Waals surface area contributed by atoms with Crippen LogP contribution in [0, 0.1) is 13.8 Å². The van der Waals surface area contributed by atoms with Gasteiger partial charge in [-0.15, -0.1) is 11.3 Å². The topological polar surface area (TPSA) is 60.9 Å². The number of ether oxygens (including phenoxy) is 3. The Morgan fingerprint density at radius 3 is 2.75 bits per heavy atom. The molecule has 32 heavy (non-hydrogen) atoms. The van der Waals surface area contributed by atoms with Crippen molar-refractivity contribution in [1.82, 2.24) is 9.88 Å². The molecule has 0 aliphatic carbocycles. The van der Waals surface area contributed by atoms with Crippen molar-refractivity contribution in [2.24, 2.45) is 0 Å². The first kappa shape index (κ1) is 22.1. The van der Waals surface area contributed by atoms with Gasteiger partial charge in [-0.1, -0.05) is 13.0 Å². The minimum absolute atomic E-state index is 0.0430.